The molecule has 0 unspecified atom stereocenters. The van der Waals surface area contributed by atoms with Crippen LogP contribution in [0.3, 0.4) is 0 Å². The monoisotopic (exact) mass is 201 g/mol. The minimum absolute atomic E-state index is 0.0699. The highest BCUT2D eigenvalue weighted by Gasteiger charge is 2.42. The summed E-state index contributed by atoms with van der Waals surface area (Å²) in [5.74, 6) is -5.13. The quantitative estimate of drug-likeness (QED) is 0.699. The van der Waals surface area contributed by atoms with E-state index >= 15 is 0 Å². The molecular weight excluding hydrogens is 192 g/mol. The number of pyridine rings is 1. The number of carbonyl (C=O) groups excluding carboxylic acids is 1. The Morgan fingerprint density at radius 2 is 2.07 bits per heavy atom. The molecule has 0 saturated heterocycles. The number of aromatic nitrogens is 1. The van der Waals surface area contributed by atoms with E-state index in [1.165, 1.54) is 19.3 Å². The van der Waals surface area contributed by atoms with Crippen molar-refractivity contribution in [3.63, 3.8) is 0 Å². The molecule has 0 aromatic carbocycles. The third-order valence-corrected chi connectivity index (χ3v) is 1.57. The van der Waals surface area contributed by atoms with Gasteiger partial charge in [-0.3, -0.25) is 4.98 Å². The highest BCUT2D eigenvalue weighted by Crippen LogP contribution is 2.28. The molecule has 1 aromatic rings. The summed E-state index contributed by atoms with van der Waals surface area (Å²) in [6.07, 6.45) is 2.39. The molecule has 0 aliphatic rings. The number of esters is 1. The van der Waals surface area contributed by atoms with Gasteiger partial charge in [-0.1, -0.05) is 0 Å². The average Bonchev–Trinajstić information content (AvgIpc) is 2.19. The Bertz CT molecular complexity index is 314. The molecule has 5 heteroatoms. The zero-order valence-corrected chi connectivity index (χ0v) is 7.54. The van der Waals surface area contributed by atoms with Gasteiger partial charge in [0, 0.05) is 18.0 Å². The summed E-state index contributed by atoms with van der Waals surface area (Å²) in [6, 6.07) is 2.16. The molecule has 1 rings (SSSR count). The number of carbonyl (C=O) groups is 1. The van der Waals surface area contributed by atoms with Gasteiger partial charge >= 0.3 is 11.9 Å². The lowest BCUT2D eigenvalue weighted by molar-refractivity contribution is -0.173. The molecular formula is C9H9F2NO2. The number of alkyl halides is 2. The van der Waals surface area contributed by atoms with Crippen molar-refractivity contribution in [3.8, 4) is 0 Å². The Morgan fingerprint density at radius 3 is 2.57 bits per heavy atom. The van der Waals surface area contributed by atoms with Crippen molar-refractivity contribution in [1.82, 2.24) is 4.98 Å². The topological polar surface area (TPSA) is 39.2 Å². The molecule has 0 N–H and O–H groups in total. The Labute approximate surface area is 79.7 Å². The second-order valence-electron chi connectivity index (χ2n) is 2.53. The van der Waals surface area contributed by atoms with Crippen molar-refractivity contribution in [2.45, 2.75) is 12.8 Å². The van der Waals surface area contributed by atoms with E-state index in [-0.39, 0.29) is 6.61 Å². The van der Waals surface area contributed by atoms with Crippen LogP contribution >= 0.6 is 0 Å². The highest BCUT2D eigenvalue weighted by molar-refractivity contribution is 5.79. The van der Waals surface area contributed by atoms with Gasteiger partial charge in [0.1, 0.15) is 0 Å². The first-order chi connectivity index (χ1) is 6.59. The lowest BCUT2D eigenvalue weighted by atomic mass is 10.1. The molecule has 3 nitrogen and oxygen atoms in total. The Kier molecular flexibility index (Phi) is 3.11. The van der Waals surface area contributed by atoms with Gasteiger partial charge in [-0.25, -0.2) is 4.79 Å². The van der Waals surface area contributed by atoms with E-state index in [9.17, 15) is 13.6 Å². The fourth-order valence-electron chi connectivity index (χ4n) is 0.901. The molecule has 0 radical (unpaired) electrons. The lowest BCUT2D eigenvalue weighted by Crippen LogP contribution is -2.28. The maximum Gasteiger partial charge on any atom is 0.381 e. The minimum Gasteiger partial charge on any atom is -0.461 e. The Hall–Kier alpha value is -1.52. The minimum atomic E-state index is -3.60. The summed E-state index contributed by atoms with van der Waals surface area (Å²) in [7, 11) is 0. The fourth-order valence-corrected chi connectivity index (χ4v) is 0.901. The zero-order chi connectivity index (χ0) is 10.6. The summed E-state index contributed by atoms with van der Waals surface area (Å²) >= 11 is 0. The van der Waals surface area contributed by atoms with Crippen LogP contribution in [0.25, 0.3) is 0 Å². The standard InChI is InChI=1S/C9H9F2NO2/c1-2-14-8(13)9(10,11)7-3-5-12-6-4-7/h3-6H,2H2,1H3. The van der Waals surface area contributed by atoms with E-state index in [4.69, 9.17) is 0 Å². The second-order valence-corrected chi connectivity index (χ2v) is 2.53. The van der Waals surface area contributed by atoms with Crippen molar-refractivity contribution in [1.29, 1.82) is 0 Å². The van der Waals surface area contributed by atoms with Crippen LogP contribution in [0, 0.1) is 0 Å². The van der Waals surface area contributed by atoms with Crippen LogP contribution in [0.15, 0.2) is 24.5 Å². The van der Waals surface area contributed by atoms with Crippen LogP contribution in [-0.4, -0.2) is 17.6 Å². The molecule has 0 fully saturated rings. The van der Waals surface area contributed by atoms with E-state index in [2.05, 4.69) is 9.72 Å². The fraction of sp³-hybridized carbons (Fsp3) is 0.333. The van der Waals surface area contributed by atoms with E-state index in [0.717, 1.165) is 12.1 Å². The predicted molar refractivity (Wildman–Crippen MR) is 44.8 cm³/mol. The number of nitrogens with zero attached hydrogens (tertiary/aromatic N) is 1. The molecule has 0 saturated carbocycles. The zero-order valence-electron chi connectivity index (χ0n) is 7.54. The smallest absolute Gasteiger partial charge is 0.381 e. The molecule has 14 heavy (non-hydrogen) atoms. The van der Waals surface area contributed by atoms with Crippen molar-refractivity contribution in [3.05, 3.63) is 30.1 Å². The summed E-state index contributed by atoms with van der Waals surface area (Å²) in [6.45, 7) is 1.40. The maximum absolute atomic E-state index is 13.2. The number of hydrogen-bond acceptors (Lipinski definition) is 3. The van der Waals surface area contributed by atoms with Crippen LogP contribution in [0.5, 0.6) is 0 Å². The van der Waals surface area contributed by atoms with Crippen LogP contribution in [0.2, 0.25) is 0 Å². The largest absolute Gasteiger partial charge is 0.461 e. The van der Waals surface area contributed by atoms with Crippen molar-refractivity contribution in [2.24, 2.45) is 0 Å². The predicted octanol–water partition coefficient (Wildman–Crippen LogP) is 1.74. The van der Waals surface area contributed by atoms with Crippen molar-refractivity contribution < 1.29 is 18.3 Å². The Balaban J connectivity index is 2.90. The molecule has 76 valence electrons. The van der Waals surface area contributed by atoms with E-state index in [1.54, 1.807) is 0 Å². The molecule has 0 bridgehead atoms. The lowest BCUT2D eigenvalue weighted by Gasteiger charge is -2.13. The normalized spacial score (nSPS) is 11.1. The van der Waals surface area contributed by atoms with Gasteiger partial charge in [0.15, 0.2) is 0 Å². The number of ether oxygens (including phenoxy) is 1. The van der Waals surface area contributed by atoms with Gasteiger partial charge in [0.25, 0.3) is 0 Å². The first kappa shape index (κ1) is 10.6. The summed E-state index contributed by atoms with van der Waals surface area (Å²) in [5, 5.41) is 0. The molecule has 1 heterocycles. The van der Waals surface area contributed by atoms with E-state index in [1.807, 2.05) is 0 Å². The average molecular weight is 201 g/mol. The van der Waals surface area contributed by atoms with Crippen LogP contribution < -0.4 is 0 Å². The van der Waals surface area contributed by atoms with Gasteiger partial charge < -0.3 is 4.74 Å². The van der Waals surface area contributed by atoms with Crippen LogP contribution in [0.4, 0.5) is 8.78 Å². The van der Waals surface area contributed by atoms with Crippen molar-refractivity contribution >= 4 is 5.97 Å². The van der Waals surface area contributed by atoms with Gasteiger partial charge in [0.05, 0.1) is 6.61 Å². The molecule has 0 aliphatic heterocycles. The first-order valence-electron chi connectivity index (χ1n) is 4.04. The van der Waals surface area contributed by atoms with E-state index < -0.39 is 17.5 Å². The summed E-state index contributed by atoms with van der Waals surface area (Å²) in [4.78, 5) is 14.5. The number of halogens is 2. The molecule has 0 amide bonds. The van der Waals surface area contributed by atoms with Gasteiger partial charge in [-0.2, -0.15) is 8.78 Å². The van der Waals surface area contributed by atoms with Crippen LogP contribution in [-0.2, 0) is 15.5 Å². The second kappa shape index (κ2) is 4.13. The molecule has 0 aliphatic carbocycles. The third-order valence-electron chi connectivity index (χ3n) is 1.57. The number of hydrogen-bond donors (Lipinski definition) is 0. The molecule has 1 aromatic heterocycles. The maximum atomic E-state index is 13.2. The highest BCUT2D eigenvalue weighted by atomic mass is 19.3. The van der Waals surface area contributed by atoms with Crippen molar-refractivity contribution in [2.75, 3.05) is 6.61 Å². The SMILES string of the molecule is CCOC(=O)C(F)(F)c1ccncc1. The molecule has 0 spiro atoms. The Morgan fingerprint density at radius 1 is 1.50 bits per heavy atom. The van der Waals surface area contributed by atoms with Gasteiger partial charge in [-0.15, -0.1) is 0 Å². The van der Waals surface area contributed by atoms with Crippen LogP contribution in [0.1, 0.15) is 12.5 Å². The first-order valence-corrected chi connectivity index (χ1v) is 4.04. The number of rotatable bonds is 3. The van der Waals surface area contributed by atoms with Gasteiger partial charge in [0.2, 0.25) is 0 Å². The third kappa shape index (κ3) is 2.04. The van der Waals surface area contributed by atoms with E-state index in [0.29, 0.717) is 0 Å². The summed E-state index contributed by atoms with van der Waals surface area (Å²) < 4.78 is 30.7. The molecule has 0 atom stereocenters. The van der Waals surface area contributed by atoms with Gasteiger partial charge in [-0.05, 0) is 19.1 Å². The summed E-state index contributed by atoms with van der Waals surface area (Å²) in [5.41, 5.74) is -0.411.